The Balaban J connectivity index is 2.02. The van der Waals surface area contributed by atoms with E-state index < -0.39 is 0 Å². The highest BCUT2D eigenvalue weighted by Crippen LogP contribution is 2.48. The molecule has 0 amide bonds. The minimum atomic E-state index is -0.335. The minimum absolute atomic E-state index is 0.169. The summed E-state index contributed by atoms with van der Waals surface area (Å²) in [5.74, 6) is 0. The van der Waals surface area contributed by atoms with Crippen LogP contribution < -0.4 is 5.73 Å². The molecule has 0 heterocycles. The average molecular weight is 250 g/mol. The maximum Gasteiger partial charge on any atom is 0.0766 e. The molecule has 1 atom stereocenters. The Morgan fingerprint density at radius 1 is 1.16 bits per heavy atom. The molecule has 2 N–H and O–H groups in total. The lowest BCUT2D eigenvalue weighted by Gasteiger charge is -2.40. The predicted molar refractivity (Wildman–Crippen MR) is 77.5 cm³/mol. The second kappa shape index (κ2) is 4.36. The molecule has 19 heavy (non-hydrogen) atoms. The predicted octanol–water partition coefficient (Wildman–Crippen LogP) is 3.84. The van der Waals surface area contributed by atoms with Gasteiger partial charge in [0.2, 0.25) is 0 Å². The highest BCUT2D eigenvalue weighted by molar-refractivity contribution is 5.83. The van der Waals surface area contributed by atoms with Gasteiger partial charge in [0.05, 0.1) is 11.5 Å². The van der Waals surface area contributed by atoms with Crippen LogP contribution in [0, 0.1) is 23.7 Å². The molecule has 3 rings (SSSR count). The molecular weight excluding hydrogens is 232 g/mol. The van der Waals surface area contributed by atoms with Gasteiger partial charge in [-0.25, -0.2) is 0 Å². The Bertz CT molecular complexity index is 663. The van der Waals surface area contributed by atoms with Crippen LogP contribution in [0.4, 0.5) is 0 Å². The van der Waals surface area contributed by atoms with Crippen LogP contribution in [0.3, 0.4) is 0 Å². The molecule has 1 aliphatic rings. The number of nitrogens with zero attached hydrogens (tertiary/aromatic N) is 1. The molecule has 2 nitrogen and oxygen atoms in total. The molecule has 2 aromatic rings. The van der Waals surface area contributed by atoms with Crippen LogP contribution in [0.25, 0.3) is 10.8 Å². The zero-order valence-electron chi connectivity index (χ0n) is 11.2. The van der Waals surface area contributed by atoms with Crippen LogP contribution in [0.1, 0.15) is 36.4 Å². The highest BCUT2D eigenvalue weighted by atomic mass is 14.7. The summed E-state index contributed by atoms with van der Waals surface area (Å²) in [4.78, 5) is 0. The lowest BCUT2D eigenvalue weighted by molar-refractivity contribution is 0.169. The number of nitriles is 1. The van der Waals surface area contributed by atoms with Gasteiger partial charge in [0.15, 0.2) is 0 Å². The van der Waals surface area contributed by atoms with Gasteiger partial charge >= 0.3 is 0 Å². The maximum absolute atomic E-state index is 9.39. The van der Waals surface area contributed by atoms with Crippen molar-refractivity contribution in [1.29, 1.82) is 5.26 Å². The lowest BCUT2D eigenvalue weighted by Crippen LogP contribution is -2.39. The number of hydrogen-bond acceptors (Lipinski definition) is 2. The molecule has 0 bridgehead atoms. The van der Waals surface area contributed by atoms with Gasteiger partial charge in [-0.05, 0) is 42.2 Å². The third-order valence-electron chi connectivity index (χ3n) is 4.44. The van der Waals surface area contributed by atoms with Crippen molar-refractivity contribution in [1.82, 2.24) is 0 Å². The normalized spacial score (nSPS) is 18.6. The molecule has 0 aromatic heterocycles. The molecule has 1 fully saturated rings. The molecular formula is C17H18N2. The number of aryl methyl sites for hydroxylation is 1. The van der Waals surface area contributed by atoms with Crippen LogP contribution in [0.5, 0.6) is 0 Å². The molecule has 1 saturated carbocycles. The van der Waals surface area contributed by atoms with E-state index in [1.54, 1.807) is 0 Å². The van der Waals surface area contributed by atoms with Gasteiger partial charge in [-0.1, -0.05) is 42.3 Å². The van der Waals surface area contributed by atoms with Crippen molar-refractivity contribution >= 4 is 10.8 Å². The van der Waals surface area contributed by atoms with E-state index in [1.165, 1.54) is 16.3 Å². The van der Waals surface area contributed by atoms with E-state index in [0.29, 0.717) is 0 Å². The van der Waals surface area contributed by atoms with Gasteiger partial charge in [0.25, 0.3) is 0 Å². The lowest BCUT2D eigenvalue weighted by atomic mass is 9.63. The van der Waals surface area contributed by atoms with E-state index in [2.05, 4.69) is 49.4 Å². The quantitative estimate of drug-likeness (QED) is 0.880. The van der Waals surface area contributed by atoms with Crippen molar-refractivity contribution in [3.63, 3.8) is 0 Å². The molecule has 2 aromatic carbocycles. The van der Waals surface area contributed by atoms with Crippen LogP contribution in [0.2, 0.25) is 0 Å². The fourth-order valence-electron chi connectivity index (χ4n) is 2.95. The fraction of sp³-hybridized carbons (Fsp3) is 0.353. The largest absolute Gasteiger partial charge is 0.323 e. The summed E-state index contributed by atoms with van der Waals surface area (Å²) in [6.45, 7) is 2.10. The summed E-state index contributed by atoms with van der Waals surface area (Å²) in [6, 6.07) is 15.0. The zero-order valence-corrected chi connectivity index (χ0v) is 11.2. The van der Waals surface area contributed by atoms with E-state index in [-0.39, 0.29) is 11.5 Å². The first kappa shape index (κ1) is 12.2. The third-order valence-corrected chi connectivity index (χ3v) is 4.44. The molecule has 1 unspecified atom stereocenters. The number of rotatable bonds is 2. The molecule has 0 spiro atoms. The van der Waals surface area contributed by atoms with Crippen LogP contribution in [0.15, 0.2) is 36.4 Å². The summed E-state index contributed by atoms with van der Waals surface area (Å²) in [5.41, 5.74) is 8.35. The zero-order chi connectivity index (χ0) is 13.5. The first-order chi connectivity index (χ1) is 9.14. The topological polar surface area (TPSA) is 49.8 Å². The van der Waals surface area contributed by atoms with Gasteiger partial charge in [-0.3, -0.25) is 0 Å². The van der Waals surface area contributed by atoms with E-state index >= 15 is 0 Å². The summed E-state index contributed by atoms with van der Waals surface area (Å²) in [7, 11) is 0. The summed E-state index contributed by atoms with van der Waals surface area (Å²) >= 11 is 0. The average Bonchev–Trinajstić information content (AvgIpc) is 2.37. The van der Waals surface area contributed by atoms with Crippen molar-refractivity contribution in [3.8, 4) is 6.07 Å². The van der Waals surface area contributed by atoms with Gasteiger partial charge in [0.1, 0.15) is 0 Å². The second-order valence-corrected chi connectivity index (χ2v) is 5.71. The molecule has 1 aliphatic carbocycles. The number of nitrogens with two attached hydrogens (primary N) is 1. The molecule has 96 valence electrons. The smallest absolute Gasteiger partial charge is 0.0766 e. The Hall–Kier alpha value is -1.85. The molecule has 0 aliphatic heterocycles. The number of benzene rings is 2. The Morgan fingerprint density at radius 2 is 1.84 bits per heavy atom. The standard InChI is InChI=1S/C17H18N2/c1-12-3-4-14-10-15(6-5-13(14)9-12)16(19)17(11-18)7-2-8-17/h3-6,9-10,16H,2,7-8,19H2,1H3. The van der Waals surface area contributed by atoms with Crippen LogP contribution in [-0.2, 0) is 0 Å². The minimum Gasteiger partial charge on any atom is -0.323 e. The van der Waals surface area contributed by atoms with Gasteiger partial charge in [-0.15, -0.1) is 0 Å². The van der Waals surface area contributed by atoms with E-state index in [1.807, 2.05) is 0 Å². The molecule has 2 heteroatoms. The van der Waals surface area contributed by atoms with Gasteiger partial charge < -0.3 is 5.73 Å². The first-order valence-electron chi connectivity index (χ1n) is 6.82. The maximum atomic E-state index is 9.39. The second-order valence-electron chi connectivity index (χ2n) is 5.71. The number of fused-ring (bicyclic) bond motifs is 1. The van der Waals surface area contributed by atoms with Crippen LogP contribution >= 0.6 is 0 Å². The van der Waals surface area contributed by atoms with Crippen molar-refractivity contribution in [2.24, 2.45) is 11.1 Å². The Labute approximate surface area is 113 Å². The van der Waals surface area contributed by atoms with Gasteiger partial charge in [0, 0.05) is 6.04 Å². The van der Waals surface area contributed by atoms with Crippen molar-refractivity contribution in [3.05, 3.63) is 47.5 Å². The fourth-order valence-corrected chi connectivity index (χ4v) is 2.95. The van der Waals surface area contributed by atoms with Crippen molar-refractivity contribution < 1.29 is 0 Å². The van der Waals surface area contributed by atoms with Crippen molar-refractivity contribution in [2.75, 3.05) is 0 Å². The number of hydrogen-bond donors (Lipinski definition) is 1. The Kier molecular flexibility index (Phi) is 2.80. The van der Waals surface area contributed by atoms with E-state index in [4.69, 9.17) is 5.73 Å². The monoisotopic (exact) mass is 250 g/mol. The summed E-state index contributed by atoms with van der Waals surface area (Å²) < 4.78 is 0. The summed E-state index contributed by atoms with van der Waals surface area (Å²) in [6.07, 6.45) is 2.97. The molecule has 0 radical (unpaired) electrons. The summed E-state index contributed by atoms with van der Waals surface area (Å²) in [5, 5.41) is 11.8. The Morgan fingerprint density at radius 3 is 2.47 bits per heavy atom. The highest BCUT2D eigenvalue weighted by Gasteiger charge is 2.43. The molecule has 0 saturated heterocycles. The van der Waals surface area contributed by atoms with Gasteiger partial charge in [-0.2, -0.15) is 5.26 Å². The SMILES string of the molecule is Cc1ccc2cc(C(N)C3(C#N)CCC3)ccc2c1. The van der Waals surface area contributed by atoms with E-state index in [0.717, 1.165) is 24.8 Å². The van der Waals surface area contributed by atoms with E-state index in [9.17, 15) is 5.26 Å². The first-order valence-corrected chi connectivity index (χ1v) is 6.82. The van der Waals surface area contributed by atoms with Crippen LogP contribution in [-0.4, -0.2) is 0 Å². The van der Waals surface area contributed by atoms with Crippen molar-refractivity contribution in [2.45, 2.75) is 32.2 Å². The third kappa shape index (κ3) is 1.91.